The van der Waals surface area contributed by atoms with Crippen LogP contribution < -0.4 is 23.5 Å². The second kappa shape index (κ2) is 7.03. The monoisotopic (exact) mass is 416 g/mol. The highest BCUT2D eigenvalue weighted by Gasteiger charge is 2.17. The van der Waals surface area contributed by atoms with Crippen LogP contribution in [-0.2, 0) is 13.0 Å². The Kier molecular flexibility index (Phi) is 4.59. The summed E-state index contributed by atoms with van der Waals surface area (Å²) in [6.45, 7) is 1.14. The van der Waals surface area contributed by atoms with E-state index in [4.69, 9.17) is 18.9 Å². The zero-order valence-corrected chi connectivity index (χ0v) is 16.2. The fourth-order valence-corrected chi connectivity index (χ4v) is 3.62. The van der Waals surface area contributed by atoms with Crippen LogP contribution in [0.5, 0.6) is 23.0 Å². The van der Waals surface area contributed by atoms with Crippen molar-refractivity contribution < 1.29 is 23.5 Å². The summed E-state index contributed by atoms with van der Waals surface area (Å²) in [6, 6.07) is 10.1. The lowest BCUT2D eigenvalue weighted by Crippen LogP contribution is -2.33. The molecule has 3 aromatic rings. The zero-order chi connectivity index (χ0) is 18.1. The van der Waals surface area contributed by atoms with E-state index in [1.165, 1.54) is 5.56 Å². The number of aromatic nitrogens is 1. The predicted molar refractivity (Wildman–Crippen MR) is 101 cm³/mol. The summed E-state index contributed by atoms with van der Waals surface area (Å²) >= 11 is 3.62. The lowest BCUT2D eigenvalue weighted by molar-refractivity contribution is -0.695. The molecule has 2 heterocycles. The number of nitrogens with zero attached hydrogens (tertiary/aromatic N) is 1. The molecule has 0 bridgehead atoms. The second-order valence-electron chi connectivity index (χ2n) is 6.07. The smallest absolute Gasteiger partial charge is 0.231 e. The zero-order valence-electron chi connectivity index (χ0n) is 14.6. The molecule has 0 N–H and O–H groups in total. The number of pyridine rings is 1. The predicted octanol–water partition coefficient (Wildman–Crippen LogP) is 3.88. The number of fused-ring (bicyclic) bond motifs is 2. The SMILES string of the molecule is COc1cc2cc[n+](CCc3cc4c(cc3Br)OCO4)cc2cc1OC. The minimum Gasteiger partial charge on any atom is -0.493 e. The van der Waals surface area contributed by atoms with Gasteiger partial charge < -0.3 is 18.9 Å². The third-order valence-electron chi connectivity index (χ3n) is 4.52. The molecule has 4 rings (SSSR count). The molecule has 0 atom stereocenters. The molecule has 0 aliphatic carbocycles. The maximum absolute atomic E-state index is 5.48. The summed E-state index contributed by atoms with van der Waals surface area (Å²) in [5, 5.41) is 2.22. The van der Waals surface area contributed by atoms with Gasteiger partial charge in [-0.25, -0.2) is 4.57 Å². The molecule has 0 saturated heterocycles. The summed E-state index contributed by atoms with van der Waals surface area (Å²) in [7, 11) is 3.30. The summed E-state index contributed by atoms with van der Waals surface area (Å²) in [5.41, 5.74) is 1.19. The molecule has 1 aliphatic heterocycles. The summed E-state index contributed by atoms with van der Waals surface area (Å²) in [5.74, 6) is 3.07. The van der Waals surface area contributed by atoms with E-state index in [9.17, 15) is 0 Å². The number of hydrogen-bond acceptors (Lipinski definition) is 4. The molecule has 1 aromatic heterocycles. The van der Waals surface area contributed by atoms with Crippen molar-refractivity contribution in [3.05, 3.63) is 52.8 Å². The largest absolute Gasteiger partial charge is 0.493 e. The van der Waals surface area contributed by atoms with E-state index < -0.39 is 0 Å². The van der Waals surface area contributed by atoms with Crippen LogP contribution in [-0.4, -0.2) is 21.0 Å². The normalized spacial score (nSPS) is 12.4. The van der Waals surface area contributed by atoms with Gasteiger partial charge >= 0.3 is 0 Å². The maximum atomic E-state index is 5.48. The van der Waals surface area contributed by atoms with Gasteiger partial charge in [-0.15, -0.1) is 0 Å². The summed E-state index contributed by atoms with van der Waals surface area (Å²) in [6.07, 6.45) is 5.08. The molecule has 5 nitrogen and oxygen atoms in total. The van der Waals surface area contributed by atoms with Crippen molar-refractivity contribution in [2.75, 3.05) is 21.0 Å². The van der Waals surface area contributed by atoms with Gasteiger partial charge in [-0.1, -0.05) is 15.9 Å². The Hall–Kier alpha value is -2.47. The van der Waals surface area contributed by atoms with Crippen LogP contribution in [0.2, 0.25) is 0 Å². The van der Waals surface area contributed by atoms with Crippen molar-refractivity contribution in [1.82, 2.24) is 0 Å². The Balaban J connectivity index is 1.58. The maximum Gasteiger partial charge on any atom is 0.231 e. The Bertz CT molecular complexity index is 974. The van der Waals surface area contributed by atoms with E-state index in [0.29, 0.717) is 0 Å². The molecular formula is C20H19BrNO4+. The fraction of sp³-hybridized carbons (Fsp3) is 0.250. The van der Waals surface area contributed by atoms with E-state index >= 15 is 0 Å². The standard InChI is InChI=1S/C20H19BrNO4/c1-23-17-7-13-3-5-22(11-15(13)9-18(17)24-2)6-4-14-8-19-20(10-16(14)21)26-12-25-19/h3,5,7-11H,4,6,12H2,1-2H3/q+1. The Morgan fingerprint density at radius 1 is 1.00 bits per heavy atom. The highest BCUT2D eigenvalue weighted by Crippen LogP contribution is 2.37. The molecule has 0 radical (unpaired) electrons. The van der Waals surface area contributed by atoms with E-state index in [1.807, 2.05) is 24.3 Å². The van der Waals surface area contributed by atoms with Crippen molar-refractivity contribution in [1.29, 1.82) is 0 Å². The Morgan fingerprint density at radius 3 is 2.42 bits per heavy atom. The van der Waals surface area contributed by atoms with E-state index in [2.05, 4.69) is 39.0 Å². The average Bonchev–Trinajstić information content (AvgIpc) is 3.11. The number of halogens is 1. The van der Waals surface area contributed by atoms with Gasteiger partial charge in [-0.05, 0) is 35.2 Å². The van der Waals surface area contributed by atoms with Crippen molar-refractivity contribution >= 4 is 26.7 Å². The first-order valence-electron chi connectivity index (χ1n) is 8.31. The number of rotatable bonds is 5. The topological polar surface area (TPSA) is 40.8 Å². The minimum absolute atomic E-state index is 0.288. The number of benzene rings is 2. The van der Waals surface area contributed by atoms with Gasteiger partial charge in [-0.2, -0.15) is 0 Å². The van der Waals surface area contributed by atoms with Gasteiger partial charge in [0.2, 0.25) is 6.79 Å². The molecule has 0 fully saturated rings. The summed E-state index contributed by atoms with van der Waals surface area (Å²) in [4.78, 5) is 0. The fourth-order valence-electron chi connectivity index (χ4n) is 3.10. The molecule has 1 aliphatic rings. The number of aryl methyl sites for hydroxylation is 2. The first kappa shape index (κ1) is 17.0. The van der Waals surface area contributed by atoms with E-state index in [-0.39, 0.29) is 6.79 Å². The molecule has 26 heavy (non-hydrogen) atoms. The number of ether oxygens (including phenoxy) is 4. The lowest BCUT2D eigenvalue weighted by Gasteiger charge is -2.09. The molecule has 134 valence electrons. The third-order valence-corrected chi connectivity index (χ3v) is 5.26. The van der Waals surface area contributed by atoms with Crippen molar-refractivity contribution in [2.45, 2.75) is 13.0 Å². The quantitative estimate of drug-likeness (QED) is 0.591. The average molecular weight is 417 g/mol. The molecule has 0 spiro atoms. The second-order valence-corrected chi connectivity index (χ2v) is 6.92. The van der Waals surface area contributed by atoms with Crippen LogP contribution in [0.15, 0.2) is 47.2 Å². The first-order chi connectivity index (χ1) is 12.7. The minimum atomic E-state index is 0.288. The highest BCUT2D eigenvalue weighted by atomic mass is 79.9. The van der Waals surface area contributed by atoms with Gasteiger partial charge in [0.15, 0.2) is 41.9 Å². The van der Waals surface area contributed by atoms with E-state index in [1.54, 1.807) is 14.2 Å². The summed E-state index contributed by atoms with van der Waals surface area (Å²) < 4.78 is 24.9. The Morgan fingerprint density at radius 2 is 1.69 bits per heavy atom. The van der Waals surface area contributed by atoms with E-state index in [0.717, 1.165) is 51.2 Å². The van der Waals surface area contributed by atoms with Crippen molar-refractivity contribution in [2.24, 2.45) is 0 Å². The number of hydrogen-bond donors (Lipinski definition) is 0. The lowest BCUT2D eigenvalue weighted by atomic mass is 10.1. The third kappa shape index (κ3) is 3.17. The van der Waals surface area contributed by atoms with Gasteiger partial charge in [-0.3, -0.25) is 0 Å². The van der Waals surface area contributed by atoms with Crippen molar-refractivity contribution in [3.63, 3.8) is 0 Å². The van der Waals surface area contributed by atoms with Gasteiger partial charge in [0.25, 0.3) is 0 Å². The highest BCUT2D eigenvalue weighted by molar-refractivity contribution is 9.10. The van der Waals surface area contributed by atoms with Crippen molar-refractivity contribution in [3.8, 4) is 23.0 Å². The number of methoxy groups -OCH3 is 2. The molecule has 0 saturated carbocycles. The molecule has 0 amide bonds. The molecule has 0 unspecified atom stereocenters. The molecular weight excluding hydrogens is 398 g/mol. The first-order valence-corrected chi connectivity index (χ1v) is 9.10. The Labute approximate surface area is 160 Å². The van der Waals surface area contributed by atoms with Crippen LogP contribution in [0, 0.1) is 0 Å². The van der Waals surface area contributed by atoms with Crippen LogP contribution in [0.3, 0.4) is 0 Å². The van der Waals surface area contributed by atoms with Gasteiger partial charge in [0.1, 0.15) is 0 Å². The van der Waals surface area contributed by atoms with Gasteiger partial charge in [0, 0.05) is 22.3 Å². The molecule has 2 aromatic carbocycles. The van der Waals surface area contributed by atoms with Crippen LogP contribution in [0.1, 0.15) is 5.56 Å². The van der Waals surface area contributed by atoms with Gasteiger partial charge in [0.05, 0.1) is 14.2 Å². The van der Waals surface area contributed by atoms with Crippen LogP contribution in [0.25, 0.3) is 10.8 Å². The van der Waals surface area contributed by atoms with Crippen LogP contribution >= 0.6 is 15.9 Å². The van der Waals surface area contributed by atoms with Crippen LogP contribution in [0.4, 0.5) is 0 Å². The molecule has 6 heteroatoms.